The Morgan fingerprint density at radius 3 is 2.38 bits per heavy atom. The molecular weight excluding hydrogens is 494 g/mol. The van der Waals surface area contributed by atoms with E-state index in [1.807, 2.05) is 45.0 Å². The highest BCUT2D eigenvalue weighted by Gasteiger charge is 2.31. The fraction of sp³-hybridized carbons (Fsp3) is 0.481. The van der Waals surface area contributed by atoms with Crippen molar-refractivity contribution in [1.29, 1.82) is 0 Å². The molecule has 1 N–H and O–H groups in total. The van der Waals surface area contributed by atoms with E-state index in [1.54, 1.807) is 25.1 Å². The molecule has 1 aliphatic heterocycles. The normalized spacial score (nSPS) is 13.7. The smallest absolute Gasteiger partial charge is 0.244 e. The van der Waals surface area contributed by atoms with Crippen LogP contribution in [0.2, 0.25) is 0 Å². The van der Waals surface area contributed by atoms with E-state index in [-0.39, 0.29) is 24.1 Å². The van der Waals surface area contributed by atoms with Crippen LogP contribution in [0.5, 0.6) is 11.5 Å². The number of anilines is 1. The van der Waals surface area contributed by atoms with Crippen molar-refractivity contribution in [3.63, 3.8) is 0 Å². The molecule has 2 amide bonds. The molecule has 3 rings (SSSR count). The number of rotatable bonds is 11. The number of fused-ring (bicyclic) bond motifs is 1. The summed E-state index contributed by atoms with van der Waals surface area (Å²) in [5, 5.41) is 2.88. The van der Waals surface area contributed by atoms with Crippen LogP contribution >= 0.6 is 0 Å². The van der Waals surface area contributed by atoms with Crippen molar-refractivity contribution in [3.05, 3.63) is 53.6 Å². The Morgan fingerprint density at radius 1 is 1.03 bits per heavy atom. The van der Waals surface area contributed by atoms with E-state index in [0.717, 1.165) is 15.4 Å². The summed E-state index contributed by atoms with van der Waals surface area (Å²) < 4.78 is 38.5. The average molecular weight is 532 g/mol. The van der Waals surface area contributed by atoms with Crippen LogP contribution in [-0.4, -0.2) is 63.2 Å². The number of amides is 2. The Hall–Kier alpha value is -3.27. The quantitative estimate of drug-likeness (QED) is 0.478. The predicted molar refractivity (Wildman–Crippen MR) is 143 cm³/mol. The lowest BCUT2D eigenvalue weighted by Gasteiger charge is -2.32. The summed E-state index contributed by atoms with van der Waals surface area (Å²) in [7, 11) is -3.83. The minimum absolute atomic E-state index is 0.165. The molecule has 2 aromatic rings. The van der Waals surface area contributed by atoms with E-state index in [0.29, 0.717) is 36.9 Å². The van der Waals surface area contributed by atoms with Crippen LogP contribution in [-0.2, 0) is 26.2 Å². The van der Waals surface area contributed by atoms with Crippen LogP contribution in [0.15, 0.2) is 42.5 Å². The predicted octanol–water partition coefficient (Wildman–Crippen LogP) is 3.11. The summed E-state index contributed by atoms with van der Waals surface area (Å²) in [5.41, 5.74) is 2.17. The Kier molecular flexibility index (Phi) is 9.42. The molecule has 0 saturated carbocycles. The van der Waals surface area contributed by atoms with E-state index in [1.165, 1.54) is 11.8 Å². The fourth-order valence-corrected chi connectivity index (χ4v) is 5.00. The van der Waals surface area contributed by atoms with E-state index in [2.05, 4.69) is 5.32 Å². The molecule has 1 heterocycles. The number of hydrogen-bond acceptors (Lipinski definition) is 6. The number of aryl methyl sites for hydroxylation is 1. The lowest BCUT2D eigenvalue weighted by molar-refractivity contribution is -0.139. The molecule has 1 atom stereocenters. The molecule has 0 radical (unpaired) electrons. The van der Waals surface area contributed by atoms with Crippen molar-refractivity contribution >= 4 is 27.5 Å². The maximum Gasteiger partial charge on any atom is 0.244 e. The molecule has 202 valence electrons. The Balaban J connectivity index is 1.93. The van der Waals surface area contributed by atoms with Crippen molar-refractivity contribution in [1.82, 2.24) is 10.2 Å². The van der Waals surface area contributed by atoms with Gasteiger partial charge < -0.3 is 19.7 Å². The third-order valence-corrected chi connectivity index (χ3v) is 7.82. The van der Waals surface area contributed by atoms with Crippen molar-refractivity contribution in [2.24, 2.45) is 5.92 Å². The SMILES string of the molecule is CCS(=O)(=O)N(CC(=O)N(Cc1cccc(C)c1)C(C)C(=O)NCC(C)C)c1ccc2c(c1)OCCO2. The number of sulfonamides is 1. The van der Waals surface area contributed by atoms with Crippen LogP contribution in [0.25, 0.3) is 0 Å². The van der Waals surface area contributed by atoms with Gasteiger partial charge in [0.05, 0.1) is 11.4 Å². The Labute approximate surface area is 219 Å². The summed E-state index contributed by atoms with van der Waals surface area (Å²) in [6, 6.07) is 11.7. The summed E-state index contributed by atoms with van der Waals surface area (Å²) in [4.78, 5) is 28.1. The fourth-order valence-electron chi connectivity index (χ4n) is 3.95. The first-order valence-electron chi connectivity index (χ1n) is 12.5. The highest BCUT2D eigenvalue weighted by atomic mass is 32.2. The second kappa shape index (κ2) is 12.3. The molecule has 37 heavy (non-hydrogen) atoms. The third-order valence-electron chi connectivity index (χ3n) is 6.08. The molecule has 2 aromatic carbocycles. The van der Waals surface area contributed by atoms with Gasteiger partial charge in [-0.05, 0) is 44.4 Å². The van der Waals surface area contributed by atoms with Gasteiger partial charge in [0.15, 0.2) is 11.5 Å². The zero-order valence-corrected chi connectivity index (χ0v) is 23.0. The molecule has 0 bridgehead atoms. The van der Waals surface area contributed by atoms with Gasteiger partial charge in [-0.3, -0.25) is 13.9 Å². The second-order valence-electron chi connectivity index (χ2n) is 9.56. The van der Waals surface area contributed by atoms with Crippen molar-refractivity contribution < 1.29 is 27.5 Å². The lowest BCUT2D eigenvalue weighted by Crippen LogP contribution is -2.51. The highest BCUT2D eigenvalue weighted by Crippen LogP contribution is 2.35. The molecule has 0 spiro atoms. The van der Waals surface area contributed by atoms with Gasteiger partial charge in [-0.2, -0.15) is 0 Å². The first kappa shape index (κ1) is 28.3. The number of nitrogens with zero attached hydrogens (tertiary/aromatic N) is 2. The summed E-state index contributed by atoms with van der Waals surface area (Å²) in [6.07, 6.45) is 0. The first-order chi connectivity index (χ1) is 17.5. The van der Waals surface area contributed by atoms with E-state index in [4.69, 9.17) is 9.47 Å². The Morgan fingerprint density at radius 2 is 1.73 bits per heavy atom. The number of benzene rings is 2. The molecule has 1 unspecified atom stereocenters. The van der Waals surface area contributed by atoms with Crippen molar-refractivity contribution in [2.75, 3.05) is 36.4 Å². The Bertz CT molecular complexity index is 1210. The minimum Gasteiger partial charge on any atom is -0.486 e. The van der Waals surface area contributed by atoms with Gasteiger partial charge in [0.2, 0.25) is 21.8 Å². The third kappa shape index (κ3) is 7.38. The van der Waals surface area contributed by atoms with Gasteiger partial charge in [-0.1, -0.05) is 43.7 Å². The molecule has 9 nitrogen and oxygen atoms in total. The number of hydrogen-bond donors (Lipinski definition) is 1. The highest BCUT2D eigenvalue weighted by molar-refractivity contribution is 7.92. The van der Waals surface area contributed by atoms with Crippen LogP contribution in [0.3, 0.4) is 0 Å². The molecular formula is C27H37N3O6S. The van der Waals surface area contributed by atoms with Crippen LogP contribution < -0.4 is 19.1 Å². The van der Waals surface area contributed by atoms with Crippen LogP contribution in [0.4, 0.5) is 5.69 Å². The van der Waals surface area contributed by atoms with Gasteiger partial charge in [0.1, 0.15) is 25.8 Å². The molecule has 0 aliphatic carbocycles. The molecule has 0 saturated heterocycles. The minimum atomic E-state index is -3.83. The van der Waals surface area contributed by atoms with E-state index < -0.39 is 28.5 Å². The zero-order chi connectivity index (χ0) is 27.2. The van der Waals surface area contributed by atoms with Gasteiger partial charge in [0.25, 0.3) is 0 Å². The van der Waals surface area contributed by atoms with Gasteiger partial charge in [-0.25, -0.2) is 8.42 Å². The monoisotopic (exact) mass is 531 g/mol. The summed E-state index contributed by atoms with van der Waals surface area (Å²) in [5.74, 6) is 0.214. The van der Waals surface area contributed by atoms with Gasteiger partial charge in [-0.15, -0.1) is 0 Å². The zero-order valence-electron chi connectivity index (χ0n) is 22.2. The standard InChI is InChI=1S/C27H37N3O6S/c1-6-37(33,34)30(23-10-11-24-25(15-23)36-13-12-35-24)18-26(31)29(17-22-9-7-8-20(4)14-22)21(5)27(32)28-16-19(2)3/h7-11,14-15,19,21H,6,12-13,16-18H2,1-5H3,(H,28,32). The van der Waals surface area contributed by atoms with Crippen LogP contribution in [0.1, 0.15) is 38.8 Å². The number of carbonyl (C=O) groups is 2. The van der Waals surface area contributed by atoms with E-state index >= 15 is 0 Å². The number of carbonyl (C=O) groups excluding carboxylic acids is 2. The summed E-state index contributed by atoms with van der Waals surface area (Å²) in [6.45, 7) is 10.1. The molecule has 0 aromatic heterocycles. The van der Waals surface area contributed by atoms with Gasteiger partial charge >= 0.3 is 0 Å². The molecule has 1 aliphatic rings. The molecule has 0 fully saturated rings. The number of ether oxygens (including phenoxy) is 2. The van der Waals surface area contributed by atoms with Gasteiger partial charge in [0, 0.05) is 19.2 Å². The first-order valence-corrected chi connectivity index (χ1v) is 14.2. The van der Waals surface area contributed by atoms with Crippen molar-refractivity contribution in [3.8, 4) is 11.5 Å². The average Bonchev–Trinajstić information content (AvgIpc) is 2.88. The maximum absolute atomic E-state index is 13.7. The largest absolute Gasteiger partial charge is 0.486 e. The van der Waals surface area contributed by atoms with E-state index in [9.17, 15) is 18.0 Å². The second-order valence-corrected chi connectivity index (χ2v) is 11.7. The number of nitrogens with one attached hydrogen (secondary N) is 1. The van der Waals surface area contributed by atoms with Crippen molar-refractivity contribution in [2.45, 2.75) is 47.2 Å². The lowest BCUT2D eigenvalue weighted by atomic mass is 10.1. The van der Waals surface area contributed by atoms with Crippen LogP contribution in [0, 0.1) is 12.8 Å². The molecule has 10 heteroatoms. The maximum atomic E-state index is 13.7. The topological polar surface area (TPSA) is 105 Å². The summed E-state index contributed by atoms with van der Waals surface area (Å²) >= 11 is 0.